The summed E-state index contributed by atoms with van der Waals surface area (Å²) in [5.41, 5.74) is 1.37. The number of methoxy groups -OCH3 is 1. The molecular formula is C12H14N4O2. The highest BCUT2D eigenvalue weighted by Gasteiger charge is 2.24. The molecule has 2 rings (SSSR count). The molecule has 6 heteroatoms. The molecule has 1 atom stereocenters. The van der Waals surface area contributed by atoms with E-state index in [1.807, 2.05) is 12.1 Å². The van der Waals surface area contributed by atoms with E-state index in [0.29, 0.717) is 5.69 Å². The summed E-state index contributed by atoms with van der Waals surface area (Å²) >= 11 is 0. The SMILES string of the molecule is COC(=O)NC1CCN(c2ccc(C#N)nc2)C1. The Labute approximate surface area is 105 Å². The van der Waals surface area contributed by atoms with Crippen LogP contribution in [0.3, 0.4) is 0 Å². The molecule has 0 radical (unpaired) electrons. The van der Waals surface area contributed by atoms with E-state index in [4.69, 9.17) is 5.26 Å². The summed E-state index contributed by atoms with van der Waals surface area (Å²) in [6.07, 6.45) is 2.15. The van der Waals surface area contributed by atoms with Crippen LogP contribution in [0.1, 0.15) is 12.1 Å². The highest BCUT2D eigenvalue weighted by Crippen LogP contribution is 2.19. The predicted octanol–water partition coefficient (Wildman–Crippen LogP) is 0.888. The molecular weight excluding hydrogens is 232 g/mol. The third kappa shape index (κ3) is 2.69. The van der Waals surface area contributed by atoms with E-state index in [1.165, 1.54) is 7.11 Å². The zero-order chi connectivity index (χ0) is 13.0. The number of carbonyl (C=O) groups is 1. The lowest BCUT2D eigenvalue weighted by Crippen LogP contribution is -2.36. The first-order valence-corrected chi connectivity index (χ1v) is 5.68. The number of nitrogens with zero attached hydrogens (tertiary/aromatic N) is 3. The van der Waals surface area contributed by atoms with E-state index in [1.54, 1.807) is 12.3 Å². The number of amides is 1. The van der Waals surface area contributed by atoms with Crippen LogP contribution in [0.25, 0.3) is 0 Å². The quantitative estimate of drug-likeness (QED) is 0.838. The van der Waals surface area contributed by atoms with Gasteiger partial charge in [0.2, 0.25) is 0 Å². The molecule has 1 amide bonds. The second kappa shape index (κ2) is 5.36. The average molecular weight is 246 g/mol. The fraction of sp³-hybridized carbons (Fsp3) is 0.417. The fourth-order valence-corrected chi connectivity index (χ4v) is 1.98. The Bertz CT molecular complexity index is 466. The van der Waals surface area contributed by atoms with Gasteiger partial charge in [0, 0.05) is 13.1 Å². The maximum Gasteiger partial charge on any atom is 0.407 e. The van der Waals surface area contributed by atoms with Crippen LogP contribution < -0.4 is 10.2 Å². The molecule has 6 nitrogen and oxygen atoms in total. The maximum absolute atomic E-state index is 11.1. The number of ether oxygens (including phenoxy) is 1. The number of hydrogen-bond donors (Lipinski definition) is 1. The molecule has 1 aliphatic rings. The van der Waals surface area contributed by atoms with Gasteiger partial charge in [-0.3, -0.25) is 0 Å². The van der Waals surface area contributed by atoms with Crippen LogP contribution in [0, 0.1) is 11.3 Å². The van der Waals surface area contributed by atoms with Gasteiger partial charge in [0.15, 0.2) is 0 Å². The van der Waals surface area contributed by atoms with Crippen LogP contribution in [0.2, 0.25) is 0 Å². The number of rotatable bonds is 2. The first-order chi connectivity index (χ1) is 8.72. The van der Waals surface area contributed by atoms with Gasteiger partial charge >= 0.3 is 6.09 Å². The summed E-state index contributed by atoms with van der Waals surface area (Å²) in [7, 11) is 1.35. The Hall–Kier alpha value is -2.29. The molecule has 18 heavy (non-hydrogen) atoms. The first kappa shape index (κ1) is 12.2. The lowest BCUT2D eigenvalue weighted by Gasteiger charge is -2.18. The van der Waals surface area contributed by atoms with Gasteiger partial charge < -0.3 is 15.0 Å². The molecule has 1 aromatic heterocycles. The van der Waals surface area contributed by atoms with E-state index < -0.39 is 6.09 Å². The Morgan fingerprint density at radius 2 is 2.50 bits per heavy atom. The third-order valence-corrected chi connectivity index (χ3v) is 2.92. The summed E-state index contributed by atoms with van der Waals surface area (Å²) in [5.74, 6) is 0. The van der Waals surface area contributed by atoms with Gasteiger partial charge in [-0.1, -0.05) is 0 Å². The number of aromatic nitrogens is 1. The molecule has 1 fully saturated rings. The zero-order valence-electron chi connectivity index (χ0n) is 10.1. The van der Waals surface area contributed by atoms with Crippen molar-refractivity contribution in [3.8, 4) is 6.07 Å². The summed E-state index contributed by atoms with van der Waals surface area (Å²) in [4.78, 5) is 17.2. The Balaban J connectivity index is 1.95. The van der Waals surface area contributed by atoms with Gasteiger partial charge in [0.1, 0.15) is 11.8 Å². The minimum Gasteiger partial charge on any atom is -0.453 e. The van der Waals surface area contributed by atoms with Crippen molar-refractivity contribution in [2.75, 3.05) is 25.1 Å². The van der Waals surface area contributed by atoms with Crippen molar-refractivity contribution < 1.29 is 9.53 Å². The molecule has 1 N–H and O–H groups in total. The minimum atomic E-state index is -0.403. The minimum absolute atomic E-state index is 0.0908. The Kier molecular flexibility index (Phi) is 3.63. The number of pyridine rings is 1. The maximum atomic E-state index is 11.1. The first-order valence-electron chi connectivity index (χ1n) is 5.68. The average Bonchev–Trinajstić information content (AvgIpc) is 2.87. The number of carbonyl (C=O) groups excluding carboxylic acids is 1. The monoisotopic (exact) mass is 246 g/mol. The Morgan fingerprint density at radius 3 is 3.11 bits per heavy atom. The largest absolute Gasteiger partial charge is 0.453 e. The second-order valence-electron chi connectivity index (χ2n) is 4.08. The van der Waals surface area contributed by atoms with Gasteiger partial charge in [-0.25, -0.2) is 9.78 Å². The molecule has 94 valence electrons. The van der Waals surface area contributed by atoms with E-state index in [0.717, 1.165) is 25.2 Å². The van der Waals surface area contributed by atoms with E-state index in [2.05, 4.69) is 19.9 Å². The molecule has 1 saturated heterocycles. The highest BCUT2D eigenvalue weighted by atomic mass is 16.5. The lowest BCUT2D eigenvalue weighted by atomic mass is 10.3. The molecule has 0 aromatic carbocycles. The van der Waals surface area contributed by atoms with E-state index in [9.17, 15) is 4.79 Å². The standard InChI is InChI=1S/C12H14N4O2/c1-18-12(17)15-10-4-5-16(8-10)11-3-2-9(6-13)14-7-11/h2-3,7,10H,4-5,8H2,1H3,(H,15,17). The zero-order valence-corrected chi connectivity index (χ0v) is 10.1. The number of anilines is 1. The van der Waals surface area contributed by atoms with E-state index in [-0.39, 0.29) is 6.04 Å². The molecule has 0 bridgehead atoms. The van der Waals surface area contributed by atoms with Crippen LogP contribution in [0.5, 0.6) is 0 Å². The van der Waals surface area contributed by atoms with Gasteiger partial charge in [-0.15, -0.1) is 0 Å². The smallest absolute Gasteiger partial charge is 0.407 e. The summed E-state index contributed by atoms with van der Waals surface area (Å²) in [6, 6.07) is 5.63. The van der Waals surface area contributed by atoms with Gasteiger partial charge in [-0.2, -0.15) is 5.26 Å². The molecule has 0 spiro atoms. The topological polar surface area (TPSA) is 78.2 Å². The van der Waals surface area contributed by atoms with Gasteiger partial charge in [0.05, 0.1) is 25.0 Å². The Morgan fingerprint density at radius 1 is 1.67 bits per heavy atom. The molecule has 2 heterocycles. The van der Waals surface area contributed by atoms with Crippen molar-refractivity contribution in [3.05, 3.63) is 24.0 Å². The van der Waals surface area contributed by atoms with Crippen molar-refractivity contribution in [1.29, 1.82) is 5.26 Å². The van der Waals surface area contributed by atoms with Crippen molar-refractivity contribution in [3.63, 3.8) is 0 Å². The van der Waals surface area contributed by atoms with Crippen molar-refractivity contribution in [1.82, 2.24) is 10.3 Å². The molecule has 0 aliphatic carbocycles. The fourth-order valence-electron chi connectivity index (χ4n) is 1.98. The number of alkyl carbamates (subject to hydrolysis) is 1. The molecule has 1 aromatic rings. The third-order valence-electron chi connectivity index (χ3n) is 2.92. The van der Waals surface area contributed by atoms with Gasteiger partial charge in [-0.05, 0) is 18.6 Å². The predicted molar refractivity (Wildman–Crippen MR) is 65.1 cm³/mol. The highest BCUT2D eigenvalue weighted by molar-refractivity contribution is 5.67. The molecule has 0 saturated carbocycles. The lowest BCUT2D eigenvalue weighted by molar-refractivity contribution is 0.167. The van der Waals surface area contributed by atoms with Crippen LogP contribution in [0.4, 0.5) is 10.5 Å². The number of nitrogens with one attached hydrogen (secondary N) is 1. The molecule has 1 aliphatic heterocycles. The van der Waals surface area contributed by atoms with Gasteiger partial charge in [0.25, 0.3) is 0 Å². The summed E-state index contributed by atoms with van der Waals surface area (Å²) in [5, 5.41) is 11.4. The van der Waals surface area contributed by atoms with Crippen LogP contribution >= 0.6 is 0 Å². The second-order valence-corrected chi connectivity index (χ2v) is 4.08. The molecule has 1 unspecified atom stereocenters. The van der Waals surface area contributed by atoms with Crippen molar-refractivity contribution in [2.45, 2.75) is 12.5 Å². The normalized spacial score (nSPS) is 18.2. The summed E-state index contributed by atoms with van der Waals surface area (Å²) in [6.45, 7) is 1.57. The van der Waals surface area contributed by atoms with E-state index >= 15 is 0 Å². The van der Waals surface area contributed by atoms with Crippen molar-refractivity contribution >= 4 is 11.8 Å². The number of nitriles is 1. The number of hydrogen-bond acceptors (Lipinski definition) is 5. The summed E-state index contributed by atoms with van der Waals surface area (Å²) < 4.78 is 4.57. The van der Waals surface area contributed by atoms with Crippen LogP contribution in [-0.4, -0.2) is 37.3 Å². The van der Waals surface area contributed by atoms with Crippen LogP contribution in [-0.2, 0) is 4.74 Å². The van der Waals surface area contributed by atoms with Crippen molar-refractivity contribution in [2.24, 2.45) is 0 Å². The van der Waals surface area contributed by atoms with Crippen LogP contribution in [0.15, 0.2) is 18.3 Å².